The van der Waals surface area contributed by atoms with Crippen LogP contribution in [-0.4, -0.2) is 42.7 Å². The van der Waals surface area contributed by atoms with Gasteiger partial charge in [-0.2, -0.15) is 0 Å². The zero-order chi connectivity index (χ0) is 12.7. The maximum absolute atomic E-state index is 11.6. The van der Waals surface area contributed by atoms with Crippen molar-refractivity contribution in [3.8, 4) is 0 Å². The van der Waals surface area contributed by atoms with Crippen LogP contribution in [0.1, 0.15) is 23.7 Å². The maximum Gasteiger partial charge on any atom is 0.252 e. The van der Waals surface area contributed by atoms with Crippen molar-refractivity contribution in [2.45, 2.75) is 13.3 Å². The lowest BCUT2D eigenvalue weighted by Gasteiger charge is -2.16. The Labute approximate surface area is 101 Å². The summed E-state index contributed by atoms with van der Waals surface area (Å²) in [6, 6.07) is 3.51. The first kappa shape index (κ1) is 13.4. The normalized spacial score (nSPS) is 10.1. The lowest BCUT2D eigenvalue weighted by Crippen LogP contribution is -2.25. The molecule has 1 heterocycles. The second kappa shape index (κ2) is 6.85. The molecule has 1 amide bonds. The molecule has 0 unspecified atom stereocenters. The SMILES string of the molecule is CCCNC(=O)c1ccc(N(C)CCO)nc1. The monoisotopic (exact) mass is 237 g/mol. The highest BCUT2D eigenvalue weighted by Crippen LogP contribution is 2.09. The first-order chi connectivity index (χ1) is 8.19. The van der Waals surface area contributed by atoms with E-state index in [9.17, 15) is 4.79 Å². The number of rotatable bonds is 6. The number of nitrogens with one attached hydrogen (secondary N) is 1. The second-order valence-corrected chi connectivity index (χ2v) is 3.81. The van der Waals surface area contributed by atoms with E-state index >= 15 is 0 Å². The quantitative estimate of drug-likeness (QED) is 0.762. The van der Waals surface area contributed by atoms with E-state index in [1.165, 1.54) is 0 Å². The number of aromatic nitrogens is 1. The van der Waals surface area contributed by atoms with Gasteiger partial charge in [0.25, 0.3) is 5.91 Å². The number of anilines is 1. The third-order valence-electron chi connectivity index (χ3n) is 2.37. The minimum Gasteiger partial charge on any atom is -0.395 e. The molecule has 0 aliphatic heterocycles. The van der Waals surface area contributed by atoms with Gasteiger partial charge >= 0.3 is 0 Å². The molecule has 1 rings (SSSR count). The van der Waals surface area contributed by atoms with E-state index in [-0.39, 0.29) is 12.5 Å². The number of hydrogen-bond donors (Lipinski definition) is 2. The highest BCUT2D eigenvalue weighted by Gasteiger charge is 2.06. The molecule has 0 saturated carbocycles. The van der Waals surface area contributed by atoms with Gasteiger partial charge in [0.2, 0.25) is 0 Å². The van der Waals surface area contributed by atoms with Crippen LogP contribution in [0, 0.1) is 0 Å². The zero-order valence-electron chi connectivity index (χ0n) is 10.3. The first-order valence-electron chi connectivity index (χ1n) is 5.75. The number of pyridine rings is 1. The first-order valence-corrected chi connectivity index (χ1v) is 5.75. The summed E-state index contributed by atoms with van der Waals surface area (Å²) in [4.78, 5) is 17.6. The molecule has 0 bridgehead atoms. The topological polar surface area (TPSA) is 65.5 Å². The molecule has 94 valence electrons. The molecule has 0 radical (unpaired) electrons. The summed E-state index contributed by atoms with van der Waals surface area (Å²) in [6.45, 7) is 3.28. The van der Waals surface area contributed by atoms with Gasteiger partial charge in [0.05, 0.1) is 12.2 Å². The third-order valence-corrected chi connectivity index (χ3v) is 2.37. The van der Waals surface area contributed by atoms with E-state index in [1.54, 1.807) is 18.3 Å². The highest BCUT2D eigenvalue weighted by molar-refractivity contribution is 5.94. The Balaban J connectivity index is 2.64. The molecular weight excluding hydrogens is 218 g/mol. The van der Waals surface area contributed by atoms with Crippen LogP contribution in [-0.2, 0) is 0 Å². The fourth-order valence-corrected chi connectivity index (χ4v) is 1.35. The summed E-state index contributed by atoms with van der Waals surface area (Å²) >= 11 is 0. The van der Waals surface area contributed by atoms with Gasteiger partial charge in [-0.05, 0) is 18.6 Å². The zero-order valence-corrected chi connectivity index (χ0v) is 10.3. The van der Waals surface area contributed by atoms with E-state index in [0.717, 1.165) is 12.2 Å². The van der Waals surface area contributed by atoms with Crippen molar-refractivity contribution >= 4 is 11.7 Å². The van der Waals surface area contributed by atoms with Gasteiger partial charge in [0.15, 0.2) is 0 Å². The Morgan fingerprint density at radius 1 is 1.53 bits per heavy atom. The van der Waals surface area contributed by atoms with Crippen LogP contribution in [0.3, 0.4) is 0 Å². The average Bonchev–Trinajstić information content (AvgIpc) is 2.36. The minimum atomic E-state index is -0.101. The molecule has 2 N–H and O–H groups in total. The Morgan fingerprint density at radius 3 is 2.82 bits per heavy atom. The maximum atomic E-state index is 11.6. The van der Waals surface area contributed by atoms with Crippen LogP contribution < -0.4 is 10.2 Å². The molecule has 5 heteroatoms. The number of hydrogen-bond acceptors (Lipinski definition) is 4. The number of likely N-dealkylation sites (N-methyl/N-ethyl adjacent to an activating group) is 1. The Bertz CT molecular complexity index is 351. The molecule has 5 nitrogen and oxygen atoms in total. The van der Waals surface area contributed by atoms with Crippen molar-refractivity contribution in [3.63, 3.8) is 0 Å². The van der Waals surface area contributed by atoms with E-state index < -0.39 is 0 Å². The van der Waals surface area contributed by atoms with Crippen molar-refractivity contribution in [2.24, 2.45) is 0 Å². The van der Waals surface area contributed by atoms with Crippen LogP contribution in [0.2, 0.25) is 0 Å². The van der Waals surface area contributed by atoms with E-state index in [4.69, 9.17) is 5.11 Å². The molecule has 0 spiro atoms. The van der Waals surface area contributed by atoms with Gasteiger partial charge in [-0.1, -0.05) is 6.92 Å². The minimum absolute atomic E-state index is 0.0803. The summed E-state index contributed by atoms with van der Waals surface area (Å²) in [6.07, 6.45) is 2.46. The largest absolute Gasteiger partial charge is 0.395 e. The van der Waals surface area contributed by atoms with Crippen molar-refractivity contribution in [2.75, 3.05) is 31.6 Å². The van der Waals surface area contributed by atoms with Crippen molar-refractivity contribution < 1.29 is 9.90 Å². The molecule has 0 aliphatic rings. The molecule has 0 saturated heterocycles. The van der Waals surface area contributed by atoms with E-state index in [0.29, 0.717) is 18.7 Å². The van der Waals surface area contributed by atoms with Gasteiger partial charge in [-0.3, -0.25) is 4.79 Å². The van der Waals surface area contributed by atoms with Gasteiger partial charge in [-0.15, -0.1) is 0 Å². The van der Waals surface area contributed by atoms with Gasteiger partial charge in [0.1, 0.15) is 5.82 Å². The lowest BCUT2D eigenvalue weighted by molar-refractivity contribution is 0.0953. The molecule has 0 aromatic carbocycles. The Hall–Kier alpha value is -1.62. The smallest absolute Gasteiger partial charge is 0.252 e. The molecule has 0 atom stereocenters. The molecule has 0 aliphatic carbocycles. The second-order valence-electron chi connectivity index (χ2n) is 3.81. The van der Waals surface area contributed by atoms with Crippen LogP contribution >= 0.6 is 0 Å². The predicted octanol–water partition coefficient (Wildman–Crippen LogP) is 0.650. The molecule has 1 aromatic rings. The van der Waals surface area contributed by atoms with Crippen LogP contribution in [0.4, 0.5) is 5.82 Å². The fraction of sp³-hybridized carbons (Fsp3) is 0.500. The number of carbonyl (C=O) groups is 1. The molecular formula is C12H19N3O2. The predicted molar refractivity (Wildman–Crippen MR) is 67.2 cm³/mol. The summed E-state index contributed by atoms with van der Waals surface area (Å²) in [7, 11) is 1.84. The van der Waals surface area contributed by atoms with Crippen LogP contribution in [0.25, 0.3) is 0 Å². The van der Waals surface area contributed by atoms with Gasteiger partial charge in [-0.25, -0.2) is 4.98 Å². The number of nitrogens with zero attached hydrogens (tertiary/aromatic N) is 2. The van der Waals surface area contributed by atoms with Crippen molar-refractivity contribution in [1.29, 1.82) is 0 Å². The third kappa shape index (κ3) is 4.03. The number of amides is 1. The number of aliphatic hydroxyl groups is 1. The number of carbonyl (C=O) groups excluding carboxylic acids is 1. The lowest BCUT2D eigenvalue weighted by atomic mass is 10.2. The van der Waals surface area contributed by atoms with Crippen LogP contribution in [0.15, 0.2) is 18.3 Å². The van der Waals surface area contributed by atoms with Gasteiger partial charge < -0.3 is 15.3 Å². The molecule has 1 aromatic heterocycles. The summed E-state index contributed by atoms with van der Waals surface area (Å²) in [5.41, 5.74) is 0.555. The Kier molecular flexibility index (Phi) is 5.42. The van der Waals surface area contributed by atoms with Crippen molar-refractivity contribution in [3.05, 3.63) is 23.9 Å². The average molecular weight is 237 g/mol. The summed E-state index contributed by atoms with van der Waals surface area (Å²) in [5, 5.41) is 11.6. The number of aliphatic hydroxyl groups excluding tert-OH is 1. The summed E-state index contributed by atoms with van der Waals surface area (Å²) < 4.78 is 0. The molecule has 17 heavy (non-hydrogen) atoms. The standard InChI is InChI=1S/C12H19N3O2/c1-3-6-13-12(17)10-4-5-11(14-9-10)15(2)7-8-16/h4-5,9,16H,3,6-8H2,1-2H3,(H,13,17). The highest BCUT2D eigenvalue weighted by atomic mass is 16.3. The van der Waals surface area contributed by atoms with Gasteiger partial charge in [0, 0.05) is 26.3 Å². The molecule has 0 fully saturated rings. The Morgan fingerprint density at radius 2 is 2.29 bits per heavy atom. The van der Waals surface area contributed by atoms with Crippen LogP contribution in [0.5, 0.6) is 0 Å². The van der Waals surface area contributed by atoms with E-state index in [2.05, 4.69) is 10.3 Å². The van der Waals surface area contributed by atoms with Crippen molar-refractivity contribution in [1.82, 2.24) is 10.3 Å². The fourth-order valence-electron chi connectivity index (χ4n) is 1.35. The summed E-state index contributed by atoms with van der Waals surface area (Å²) in [5.74, 6) is 0.641. The van der Waals surface area contributed by atoms with E-state index in [1.807, 2.05) is 18.9 Å².